The van der Waals surface area contributed by atoms with Crippen molar-refractivity contribution in [2.75, 3.05) is 26.3 Å². The molecule has 14 nitrogen and oxygen atoms in total. The summed E-state index contributed by atoms with van der Waals surface area (Å²) >= 11 is 0. The first-order chi connectivity index (χ1) is 22.2. The molecule has 2 saturated heterocycles. The number of hydrogen-bond donors (Lipinski definition) is 3. The van der Waals surface area contributed by atoms with Crippen LogP contribution in [0.3, 0.4) is 0 Å². The van der Waals surface area contributed by atoms with E-state index in [2.05, 4.69) is 15.5 Å². The minimum absolute atomic E-state index is 0.0141. The molecule has 4 heterocycles. The minimum Gasteiger partial charge on any atom is -0.480 e. The number of likely N-dealkylation sites (tertiary alicyclic amines) is 1. The van der Waals surface area contributed by atoms with Gasteiger partial charge in [0, 0.05) is 37.1 Å². The zero-order chi connectivity index (χ0) is 34.0. The van der Waals surface area contributed by atoms with Crippen molar-refractivity contribution >= 4 is 12.1 Å². The maximum atomic E-state index is 13.9. The lowest BCUT2D eigenvalue weighted by atomic mass is 9.89. The van der Waals surface area contributed by atoms with E-state index in [0.29, 0.717) is 37.4 Å². The third kappa shape index (κ3) is 7.91. The number of halogens is 3. The fraction of sp³-hybridized carbons (Fsp3) is 0.567. The molecule has 0 bridgehead atoms. The largest absolute Gasteiger partial charge is 0.480 e. The first kappa shape index (κ1) is 34.3. The SMILES string of the molecule is CC(C)(C)OC(=O)N1CCC(c2cc(C[C@H]3O[C@H](CO)[C@H](O)[C@H](n4cc(-c5cc(F)c(F)c(F)c5)nn4)[C@H]3OCC(=O)O)no2)CC1. The first-order valence-electron chi connectivity index (χ1n) is 15.0. The van der Waals surface area contributed by atoms with E-state index in [0.717, 1.165) is 16.8 Å². The normalized spacial score (nSPS) is 24.0. The Kier molecular flexibility index (Phi) is 10.2. The Balaban J connectivity index is 1.35. The van der Waals surface area contributed by atoms with Gasteiger partial charge in [0.25, 0.3) is 0 Å². The zero-order valence-electron chi connectivity index (χ0n) is 25.9. The van der Waals surface area contributed by atoms with E-state index in [1.165, 1.54) is 6.20 Å². The Morgan fingerprint density at radius 3 is 2.38 bits per heavy atom. The molecule has 1 aromatic carbocycles. The summed E-state index contributed by atoms with van der Waals surface area (Å²) in [6.07, 6.45) is -2.78. The molecular weight excluding hydrogens is 631 g/mol. The van der Waals surface area contributed by atoms with Gasteiger partial charge >= 0.3 is 12.1 Å². The van der Waals surface area contributed by atoms with E-state index >= 15 is 0 Å². The summed E-state index contributed by atoms with van der Waals surface area (Å²) in [6, 6.07) is 2.00. The molecule has 5 atom stereocenters. The van der Waals surface area contributed by atoms with E-state index in [1.54, 1.807) is 31.7 Å². The lowest BCUT2D eigenvalue weighted by molar-refractivity contribution is -0.219. The number of carboxylic acids is 1. The summed E-state index contributed by atoms with van der Waals surface area (Å²) in [5, 5.41) is 42.6. The monoisotopic (exact) mass is 667 g/mol. The molecule has 2 fully saturated rings. The number of hydrogen-bond acceptors (Lipinski definition) is 11. The Morgan fingerprint density at radius 2 is 1.77 bits per heavy atom. The summed E-state index contributed by atoms with van der Waals surface area (Å²) in [7, 11) is 0. The van der Waals surface area contributed by atoms with Crippen molar-refractivity contribution in [2.45, 2.75) is 82.0 Å². The number of ether oxygens (including phenoxy) is 3. The molecule has 1 amide bonds. The number of carbonyl (C=O) groups is 2. The number of rotatable bonds is 9. The van der Waals surface area contributed by atoms with E-state index < -0.39 is 72.7 Å². The fourth-order valence-electron chi connectivity index (χ4n) is 5.77. The third-order valence-electron chi connectivity index (χ3n) is 7.99. The highest BCUT2D eigenvalue weighted by atomic mass is 19.2. The quantitative estimate of drug-likeness (QED) is 0.284. The molecule has 0 saturated carbocycles. The van der Waals surface area contributed by atoms with Gasteiger partial charge in [-0.1, -0.05) is 10.4 Å². The van der Waals surface area contributed by atoms with Crippen LogP contribution in [0, 0.1) is 17.5 Å². The Hall–Kier alpha value is -4.06. The molecule has 3 N–H and O–H groups in total. The van der Waals surface area contributed by atoms with Crippen molar-refractivity contribution in [3.63, 3.8) is 0 Å². The Morgan fingerprint density at radius 1 is 1.09 bits per heavy atom. The molecule has 256 valence electrons. The van der Waals surface area contributed by atoms with Gasteiger partial charge in [-0.15, -0.1) is 5.10 Å². The summed E-state index contributed by atoms with van der Waals surface area (Å²) in [6.45, 7) is 4.91. The van der Waals surface area contributed by atoms with Crippen LogP contribution >= 0.6 is 0 Å². The number of carboxylic acid groups (broad SMARTS) is 1. The van der Waals surface area contributed by atoms with E-state index in [-0.39, 0.29) is 29.7 Å². The highest BCUT2D eigenvalue weighted by molar-refractivity contribution is 5.68. The Bertz CT molecular complexity index is 1550. The van der Waals surface area contributed by atoms with Gasteiger partial charge in [-0.3, -0.25) is 0 Å². The molecule has 0 radical (unpaired) electrons. The van der Waals surface area contributed by atoms with Gasteiger partial charge < -0.3 is 39.0 Å². The molecule has 2 aliphatic rings. The second kappa shape index (κ2) is 14.0. The lowest BCUT2D eigenvalue weighted by Crippen LogP contribution is -2.57. The van der Waals surface area contributed by atoms with Crippen LogP contribution in [-0.4, -0.2) is 109 Å². The minimum atomic E-state index is -1.65. The molecule has 2 aliphatic heterocycles. The van der Waals surface area contributed by atoms with Crippen molar-refractivity contribution in [2.24, 2.45) is 0 Å². The maximum Gasteiger partial charge on any atom is 0.410 e. The highest BCUT2D eigenvalue weighted by Gasteiger charge is 2.48. The average molecular weight is 668 g/mol. The van der Waals surface area contributed by atoms with Crippen molar-refractivity contribution < 1.29 is 56.8 Å². The van der Waals surface area contributed by atoms with Crippen LogP contribution in [0.4, 0.5) is 18.0 Å². The van der Waals surface area contributed by atoms with Crippen LogP contribution in [0.2, 0.25) is 0 Å². The second-order valence-electron chi connectivity index (χ2n) is 12.6. The molecule has 0 spiro atoms. The Labute approximate surface area is 267 Å². The molecule has 0 unspecified atom stereocenters. The third-order valence-corrected chi connectivity index (χ3v) is 7.99. The van der Waals surface area contributed by atoms with Crippen LogP contribution in [0.5, 0.6) is 0 Å². The number of aromatic nitrogens is 4. The predicted molar refractivity (Wildman–Crippen MR) is 153 cm³/mol. The van der Waals surface area contributed by atoms with Crippen LogP contribution < -0.4 is 0 Å². The van der Waals surface area contributed by atoms with Crippen LogP contribution in [0.25, 0.3) is 11.3 Å². The van der Waals surface area contributed by atoms with Crippen molar-refractivity contribution in [1.82, 2.24) is 25.1 Å². The van der Waals surface area contributed by atoms with Gasteiger partial charge in [0.15, 0.2) is 17.5 Å². The summed E-state index contributed by atoms with van der Waals surface area (Å²) in [4.78, 5) is 25.6. The number of piperidine rings is 1. The molecule has 2 aromatic heterocycles. The van der Waals surface area contributed by atoms with Crippen LogP contribution in [-0.2, 0) is 25.4 Å². The number of aliphatic hydroxyl groups is 2. The lowest BCUT2D eigenvalue weighted by Gasteiger charge is -2.43. The number of aliphatic hydroxyl groups excluding tert-OH is 2. The van der Waals surface area contributed by atoms with Crippen molar-refractivity contribution in [3.05, 3.63) is 53.3 Å². The van der Waals surface area contributed by atoms with E-state index in [9.17, 15) is 38.1 Å². The van der Waals surface area contributed by atoms with Gasteiger partial charge in [0.1, 0.15) is 48.0 Å². The van der Waals surface area contributed by atoms with Crippen molar-refractivity contribution in [1.29, 1.82) is 0 Å². The average Bonchev–Trinajstić information content (AvgIpc) is 3.69. The van der Waals surface area contributed by atoms with Crippen LogP contribution in [0.15, 0.2) is 28.9 Å². The smallest absolute Gasteiger partial charge is 0.410 e. The van der Waals surface area contributed by atoms with Crippen molar-refractivity contribution in [3.8, 4) is 11.3 Å². The van der Waals surface area contributed by atoms with E-state index in [1.807, 2.05) is 0 Å². The maximum absolute atomic E-state index is 13.9. The molecule has 3 aromatic rings. The topological polar surface area (TPSA) is 182 Å². The molecular formula is C30H36F3N5O9. The first-order valence-corrected chi connectivity index (χ1v) is 15.0. The van der Waals surface area contributed by atoms with Gasteiger partial charge in [0.2, 0.25) is 0 Å². The van der Waals surface area contributed by atoms with Gasteiger partial charge in [-0.2, -0.15) is 0 Å². The predicted octanol–water partition coefficient (Wildman–Crippen LogP) is 2.84. The number of nitrogens with zero attached hydrogens (tertiary/aromatic N) is 5. The molecule has 17 heteroatoms. The fourth-order valence-corrected chi connectivity index (χ4v) is 5.77. The number of aliphatic carboxylic acids is 1. The van der Waals surface area contributed by atoms with Gasteiger partial charge in [-0.05, 0) is 45.7 Å². The van der Waals surface area contributed by atoms with Gasteiger partial charge in [-0.25, -0.2) is 27.4 Å². The zero-order valence-corrected chi connectivity index (χ0v) is 25.9. The number of amides is 1. The standard InChI is InChI=1S/C30H36F3N5O9/c1-30(2,3)46-29(43)37-6-4-15(5-7-37)21-10-17(35-47-21)11-22-28(44-14-24(40)41)26(27(42)23(13-39)45-22)38-12-20(34-36-38)16-8-18(31)25(33)19(32)9-16/h8-10,12,15,22-23,26-28,39,42H,4-7,11,13-14H2,1-3H3,(H,40,41)/t22-,23-,26+,27+,28+/m1/s1. The van der Waals surface area contributed by atoms with Gasteiger partial charge in [0.05, 0.1) is 24.6 Å². The number of benzene rings is 1. The second-order valence-corrected chi connectivity index (χ2v) is 12.6. The van der Waals surface area contributed by atoms with Crippen LogP contribution in [0.1, 0.15) is 57.0 Å². The highest BCUT2D eigenvalue weighted by Crippen LogP contribution is 2.36. The number of carbonyl (C=O) groups excluding carboxylic acids is 1. The summed E-state index contributed by atoms with van der Waals surface area (Å²) < 4.78 is 65.2. The molecule has 5 rings (SSSR count). The van der Waals surface area contributed by atoms with E-state index in [4.69, 9.17) is 18.7 Å². The summed E-state index contributed by atoms with van der Waals surface area (Å²) in [5.74, 6) is -5.29. The molecule has 0 aliphatic carbocycles. The molecule has 47 heavy (non-hydrogen) atoms. The summed E-state index contributed by atoms with van der Waals surface area (Å²) in [5.41, 5.74) is -0.399.